The number of anilines is 2. The molecule has 0 spiro atoms. The van der Waals surface area contributed by atoms with Crippen LogP contribution in [-0.2, 0) is 9.53 Å². The van der Waals surface area contributed by atoms with Crippen molar-refractivity contribution in [2.45, 2.75) is 52.1 Å². The van der Waals surface area contributed by atoms with Crippen LogP contribution in [0.15, 0.2) is 54.7 Å². The van der Waals surface area contributed by atoms with Gasteiger partial charge in [-0.25, -0.2) is 9.48 Å². The summed E-state index contributed by atoms with van der Waals surface area (Å²) in [6.45, 7) is 8.02. The fourth-order valence-electron chi connectivity index (χ4n) is 4.56. The summed E-state index contributed by atoms with van der Waals surface area (Å²) in [6.07, 6.45) is 2.57. The van der Waals surface area contributed by atoms with Gasteiger partial charge in [0.25, 0.3) is 5.91 Å². The van der Waals surface area contributed by atoms with Crippen molar-refractivity contribution in [1.29, 1.82) is 0 Å². The molecule has 0 aliphatic carbocycles. The molecule has 1 aromatic heterocycles. The van der Waals surface area contributed by atoms with E-state index in [0.717, 1.165) is 17.1 Å². The van der Waals surface area contributed by atoms with E-state index in [1.807, 2.05) is 45.0 Å². The van der Waals surface area contributed by atoms with Gasteiger partial charge in [-0.05, 0) is 82.1 Å². The maximum absolute atomic E-state index is 13.5. The number of nitrogens with zero attached hydrogens (tertiary/aromatic N) is 3. The van der Waals surface area contributed by atoms with Gasteiger partial charge in [0, 0.05) is 37.3 Å². The number of likely N-dealkylation sites (tertiary alicyclic amines) is 1. The van der Waals surface area contributed by atoms with Crippen LogP contribution in [0, 0.1) is 0 Å². The molecule has 0 unspecified atom stereocenters. The molecule has 2 heterocycles. The lowest BCUT2D eigenvalue weighted by Crippen LogP contribution is -2.41. The molecular weight excluding hydrogens is 498 g/mol. The highest BCUT2D eigenvalue weighted by Gasteiger charge is 2.32. The summed E-state index contributed by atoms with van der Waals surface area (Å²) < 4.78 is 12.6. The fraction of sp³-hybridized carbons (Fsp3) is 0.379. The van der Waals surface area contributed by atoms with Crippen LogP contribution < -0.4 is 15.4 Å². The van der Waals surface area contributed by atoms with Crippen LogP contribution in [0.5, 0.6) is 5.75 Å². The Labute approximate surface area is 228 Å². The van der Waals surface area contributed by atoms with Gasteiger partial charge in [0.2, 0.25) is 5.91 Å². The van der Waals surface area contributed by atoms with Crippen LogP contribution in [0.25, 0.3) is 5.69 Å². The number of ether oxygens (including phenoxy) is 2. The van der Waals surface area contributed by atoms with Crippen molar-refractivity contribution in [1.82, 2.24) is 14.7 Å². The topological polar surface area (TPSA) is 115 Å². The minimum Gasteiger partial charge on any atom is -0.497 e. The first-order valence-corrected chi connectivity index (χ1v) is 12.9. The second kappa shape index (κ2) is 11.6. The summed E-state index contributed by atoms with van der Waals surface area (Å²) >= 11 is 0. The first-order valence-electron chi connectivity index (χ1n) is 12.9. The lowest BCUT2D eigenvalue weighted by molar-refractivity contribution is -0.114. The molecule has 1 aliphatic heterocycles. The molecule has 206 valence electrons. The number of amides is 3. The number of piperidine rings is 1. The lowest BCUT2D eigenvalue weighted by atomic mass is 9.90. The predicted molar refractivity (Wildman–Crippen MR) is 149 cm³/mol. The second-order valence-corrected chi connectivity index (χ2v) is 10.5. The molecule has 0 bridgehead atoms. The van der Waals surface area contributed by atoms with Crippen LogP contribution in [0.2, 0.25) is 0 Å². The average Bonchev–Trinajstić information content (AvgIpc) is 3.34. The van der Waals surface area contributed by atoms with Gasteiger partial charge in [-0.3, -0.25) is 9.59 Å². The number of nitrogens with one attached hydrogen (secondary N) is 2. The van der Waals surface area contributed by atoms with Crippen molar-refractivity contribution >= 4 is 29.3 Å². The third-order valence-corrected chi connectivity index (χ3v) is 6.36. The molecule has 2 N–H and O–H groups in total. The van der Waals surface area contributed by atoms with E-state index in [0.29, 0.717) is 42.9 Å². The Morgan fingerprint density at radius 3 is 2.05 bits per heavy atom. The van der Waals surface area contributed by atoms with Crippen LogP contribution >= 0.6 is 0 Å². The van der Waals surface area contributed by atoms with Crippen molar-refractivity contribution in [2.75, 3.05) is 30.8 Å². The van der Waals surface area contributed by atoms with Crippen LogP contribution in [0.3, 0.4) is 0 Å². The molecule has 0 saturated carbocycles. The van der Waals surface area contributed by atoms with Crippen LogP contribution in [0.1, 0.15) is 62.5 Å². The monoisotopic (exact) mass is 533 g/mol. The van der Waals surface area contributed by atoms with E-state index in [1.54, 1.807) is 47.2 Å². The van der Waals surface area contributed by atoms with Crippen molar-refractivity contribution < 1.29 is 23.9 Å². The lowest BCUT2D eigenvalue weighted by Gasteiger charge is -2.34. The molecule has 4 rings (SSSR count). The molecule has 10 nitrogen and oxygen atoms in total. The number of methoxy groups -OCH3 is 1. The molecule has 39 heavy (non-hydrogen) atoms. The largest absolute Gasteiger partial charge is 0.497 e. The highest BCUT2D eigenvalue weighted by atomic mass is 16.6. The van der Waals surface area contributed by atoms with Crippen molar-refractivity contribution in [2.24, 2.45) is 0 Å². The van der Waals surface area contributed by atoms with Gasteiger partial charge in [0.1, 0.15) is 11.4 Å². The number of benzene rings is 2. The van der Waals surface area contributed by atoms with Gasteiger partial charge in [0.05, 0.1) is 30.3 Å². The Morgan fingerprint density at radius 2 is 1.51 bits per heavy atom. The van der Waals surface area contributed by atoms with Gasteiger partial charge in [-0.1, -0.05) is 0 Å². The number of hydrogen-bond donors (Lipinski definition) is 2. The number of carbonyl (C=O) groups is 3. The predicted octanol–water partition coefficient (Wildman–Crippen LogP) is 5.21. The standard InChI is InChI=1S/C29H35N5O5/c1-19(35)31-21-6-8-22(9-7-21)32-27(36)25-18-30-34(23-10-12-24(38-5)13-11-23)26(25)20-14-16-33(17-15-20)28(37)39-29(2,3)4/h6-13,18,20H,14-17H2,1-5H3,(H,31,35)(H,32,36). The molecule has 10 heteroatoms. The number of hydrogen-bond acceptors (Lipinski definition) is 6. The summed E-state index contributed by atoms with van der Waals surface area (Å²) in [4.78, 5) is 39.1. The van der Waals surface area contributed by atoms with Crippen molar-refractivity contribution in [3.05, 3.63) is 66.0 Å². The zero-order valence-electron chi connectivity index (χ0n) is 23.0. The Kier molecular flexibility index (Phi) is 8.23. The Balaban J connectivity index is 1.59. The zero-order valence-corrected chi connectivity index (χ0v) is 23.0. The quantitative estimate of drug-likeness (QED) is 0.450. The van der Waals surface area contributed by atoms with Crippen molar-refractivity contribution in [3.8, 4) is 11.4 Å². The summed E-state index contributed by atoms with van der Waals surface area (Å²) in [5.74, 6) is 0.265. The van der Waals surface area contributed by atoms with E-state index in [1.165, 1.54) is 6.92 Å². The fourth-order valence-corrected chi connectivity index (χ4v) is 4.56. The normalized spacial score (nSPS) is 14.0. The van der Waals surface area contributed by atoms with Gasteiger partial charge in [0.15, 0.2) is 0 Å². The summed E-state index contributed by atoms with van der Waals surface area (Å²) in [5, 5.41) is 10.2. The molecule has 1 fully saturated rings. The van der Waals surface area contributed by atoms with Crippen LogP contribution in [0.4, 0.5) is 16.2 Å². The van der Waals surface area contributed by atoms with Gasteiger partial charge in [-0.15, -0.1) is 0 Å². The molecule has 1 saturated heterocycles. The summed E-state index contributed by atoms with van der Waals surface area (Å²) in [6, 6.07) is 14.4. The first kappa shape index (κ1) is 27.7. The number of aromatic nitrogens is 2. The highest BCUT2D eigenvalue weighted by molar-refractivity contribution is 6.05. The Bertz CT molecular complexity index is 1320. The minimum absolute atomic E-state index is 0.00354. The smallest absolute Gasteiger partial charge is 0.410 e. The molecule has 0 radical (unpaired) electrons. The molecule has 2 aromatic carbocycles. The SMILES string of the molecule is COc1ccc(-n2ncc(C(=O)Nc3ccc(NC(C)=O)cc3)c2C2CCN(C(=O)OC(C)(C)C)CC2)cc1. The van der Waals surface area contributed by atoms with Gasteiger partial charge < -0.3 is 25.0 Å². The van der Waals surface area contributed by atoms with Crippen LogP contribution in [-0.4, -0.2) is 58.4 Å². The highest BCUT2D eigenvalue weighted by Crippen LogP contribution is 2.33. The zero-order chi connectivity index (χ0) is 28.2. The molecule has 3 amide bonds. The van der Waals surface area contributed by atoms with E-state index in [9.17, 15) is 14.4 Å². The summed E-state index contributed by atoms with van der Waals surface area (Å²) in [7, 11) is 1.61. The van der Waals surface area contributed by atoms with E-state index in [2.05, 4.69) is 15.7 Å². The first-order chi connectivity index (χ1) is 18.5. The maximum Gasteiger partial charge on any atom is 0.410 e. The third kappa shape index (κ3) is 6.95. The van der Waals surface area contributed by atoms with Gasteiger partial charge >= 0.3 is 6.09 Å². The van der Waals surface area contributed by atoms with E-state index < -0.39 is 5.60 Å². The van der Waals surface area contributed by atoms with E-state index in [-0.39, 0.29) is 23.8 Å². The Hall–Kier alpha value is -4.34. The molecule has 1 aliphatic rings. The third-order valence-electron chi connectivity index (χ3n) is 6.36. The number of carbonyl (C=O) groups excluding carboxylic acids is 3. The van der Waals surface area contributed by atoms with Gasteiger partial charge in [-0.2, -0.15) is 5.10 Å². The second-order valence-electron chi connectivity index (χ2n) is 10.5. The molecule has 3 aromatic rings. The molecular formula is C29H35N5O5. The summed E-state index contributed by atoms with van der Waals surface area (Å²) in [5.41, 5.74) is 2.73. The minimum atomic E-state index is -0.563. The Morgan fingerprint density at radius 1 is 0.923 bits per heavy atom. The van der Waals surface area contributed by atoms with E-state index >= 15 is 0 Å². The van der Waals surface area contributed by atoms with E-state index in [4.69, 9.17) is 9.47 Å². The van der Waals surface area contributed by atoms with Crippen molar-refractivity contribution in [3.63, 3.8) is 0 Å². The number of rotatable bonds is 6. The maximum atomic E-state index is 13.5. The molecule has 0 atom stereocenters. The average molecular weight is 534 g/mol.